The fourth-order valence-electron chi connectivity index (χ4n) is 2.44. The van der Waals surface area contributed by atoms with Crippen molar-refractivity contribution >= 4 is 52.4 Å². The van der Waals surface area contributed by atoms with Gasteiger partial charge in [0, 0.05) is 24.8 Å². The number of carbonyl (C=O) groups is 1. The molecule has 0 atom stereocenters. The van der Waals surface area contributed by atoms with Gasteiger partial charge in [-0.25, -0.2) is 9.97 Å². The number of amides is 1. The average Bonchev–Trinajstić information content (AvgIpc) is 3.11. The van der Waals surface area contributed by atoms with E-state index in [2.05, 4.69) is 20.2 Å². The highest BCUT2D eigenvalue weighted by Crippen LogP contribution is 2.26. The molecule has 0 spiro atoms. The van der Waals surface area contributed by atoms with E-state index in [1.54, 1.807) is 24.5 Å². The number of benzene rings is 1. The molecule has 1 saturated heterocycles. The second kappa shape index (κ2) is 8.05. The second-order valence-corrected chi connectivity index (χ2v) is 7.18. The number of aromatic nitrogens is 2. The van der Waals surface area contributed by atoms with E-state index in [1.807, 2.05) is 6.07 Å². The van der Waals surface area contributed by atoms with Gasteiger partial charge in [-0.05, 0) is 31.0 Å². The zero-order chi connectivity index (χ0) is 16.9. The summed E-state index contributed by atoms with van der Waals surface area (Å²) in [5, 5.41) is 4.45. The van der Waals surface area contributed by atoms with E-state index in [1.165, 1.54) is 24.6 Å². The Morgan fingerprint density at radius 2 is 1.96 bits per heavy atom. The molecule has 1 aliphatic rings. The van der Waals surface area contributed by atoms with Crippen molar-refractivity contribution in [3.8, 4) is 0 Å². The van der Waals surface area contributed by atoms with E-state index < -0.39 is 0 Å². The molecule has 0 radical (unpaired) electrons. The molecule has 1 fully saturated rings. The lowest BCUT2D eigenvalue weighted by Crippen LogP contribution is -2.19. The summed E-state index contributed by atoms with van der Waals surface area (Å²) in [5.41, 5.74) is 0.621. The summed E-state index contributed by atoms with van der Waals surface area (Å²) in [6, 6.07) is 6.93. The van der Waals surface area contributed by atoms with Gasteiger partial charge in [0.15, 0.2) is 0 Å². The van der Waals surface area contributed by atoms with Crippen LogP contribution in [0.5, 0.6) is 0 Å². The van der Waals surface area contributed by atoms with Crippen LogP contribution in [-0.2, 0) is 4.79 Å². The summed E-state index contributed by atoms with van der Waals surface area (Å²) < 4.78 is 0. The minimum atomic E-state index is -0.125. The van der Waals surface area contributed by atoms with Crippen LogP contribution in [0.25, 0.3) is 0 Å². The van der Waals surface area contributed by atoms with Gasteiger partial charge >= 0.3 is 0 Å². The fourth-order valence-corrected chi connectivity index (χ4v) is 3.40. The van der Waals surface area contributed by atoms with Crippen molar-refractivity contribution in [2.24, 2.45) is 0 Å². The minimum absolute atomic E-state index is 0.125. The number of hydrogen-bond donors (Lipinski definition) is 1. The Bertz CT molecular complexity index is 738. The smallest absolute Gasteiger partial charge is 0.234 e. The third kappa shape index (κ3) is 4.53. The molecule has 2 heterocycles. The molecule has 0 bridgehead atoms. The van der Waals surface area contributed by atoms with E-state index in [4.69, 9.17) is 23.2 Å². The van der Waals surface area contributed by atoms with Gasteiger partial charge < -0.3 is 10.2 Å². The number of carbonyl (C=O) groups excluding carboxylic acids is 1. The first-order valence-corrected chi connectivity index (χ1v) is 9.31. The lowest BCUT2D eigenvalue weighted by Gasteiger charge is -2.16. The predicted molar refractivity (Wildman–Crippen MR) is 99.3 cm³/mol. The highest BCUT2D eigenvalue weighted by Gasteiger charge is 2.14. The maximum Gasteiger partial charge on any atom is 0.234 e. The van der Waals surface area contributed by atoms with E-state index in [9.17, 15) is 4.79 Å². The Kier molecular flexibility index (Phi) is 5.81. The van der Waals surface area contributed by atoms with Crippen molar-refractivity contribution in [3.05, 3.63) is 40.6 Å². The normalized spacial score (nSPS) is 14.0. The average molecular weight is 383 g/mol. The van der Waals surface area contributed by atoms with Crippen molar-refractivity contribution in [1.82, 2.24) is 9.97 Å². The Balaban J connectivity index is 1.55. The van der Waals surface area contributed by atoms with E-state index in [-0.39, 0.29) is 11.7 Å². The monoisotopic (exact) mass is 382 g/mol. The van der Waals surface area contributed by atoms with Crippen LogP contribution in [0.2, 0.25) is 10.0 Å². The number of nitrogens with zero attached hydrogens (tertiary/aromatic N) is 3. The molecule has 1 aliphatic heterocycles. The standard InChI is InChI=1S/C16H16Cl2N4OS/c17-12-4-3-11(7-13(12)18)21-15(23)9-24-16-8-14(19-10-20-16)22-5-1-2-6-22/h3-4,7-8,10H,1-2,5-6,9H2,(H,21,23). The van der Waals surface area contributed by atoms with Crippen LogP contribution in [0.1, 0.15) is 12.8 Å². The lowest BCUT2D eigenvalue weighted by molar-refractivity contribution is -0.113. The number of hydrogen-bond acceptors (Lipinski definition) is 5. The summed E-state index contributed by atoms with van der Waals surface area (Å²) in [7, 11) is 0. The topological polar surface area (TPSA) is 58.1 Å². The molecule has 1 aromatic heterocycles. The third-order valence-corrected chi connectivity index (χ3v) is 5.28. The fraction of sp³-hybridized carbons (Fsp3) is 0.312. The second-order valence-electron chi connectivity index (χ2n) is 5.37. The summed E-state index contributed by atoms with van der Waals surface area (Å²) in [4.78, 5) is 22.8. The Labute approximate surface area is 154 Å². The summed E-state index contributed by atoms with van der Waals surface area (Å²) >= 11 is 13.2. The molecule has 0 unspecified atom stereocenters. The Morgan fingerprint density at radius 3 is 2.71 bits per heavy atom. The predicted octanol–water partition coefficient (Wildman–Crippen LogP) is 4.11. The first-order valence-electron chi connectivity index (χ1n) is 7.56. The highest BCUT2D eigenvalue weighted by atomic mass is 35.5. The number of halogens is 2. The van der Waals surface area contributed by atoms with Crippen LogP contribution in [0, 0.1) is 0 Å². The molecule has 126 valence electrons. The van der Waals surface area contributed by atoms with Gasteiger partial charge in [-0.2, -0.15) is 0 Å². The van der Waals surface area contributed by atoms with Crippen molar-refractivity contribution < 1.29 is 4.79 Å². The number of thioether (sulfide) groups is 1. The first kappa shape index (κ1) is 17.3. The zero-order valence-electron chi connectivity index (χ0n) is 12.8. The number of rotatable bonds is 5. The largest absolute Gasteiger partial charge is 0.356 e. The molecule has 1 N–H and O–H groups in total. The van der Waals surface area contributed by atoms with Gasteiger partial charge in [-0.1, -0.05) is 35.0 Å². The SMILES string of the molecule is O=C(CSc1cc(N2CCCC2)ncn1)Nc1ccc(Cl)c(Cl)c1. The molecule has 8 heteroatoms. The number of nitrogens with one attached hydrogen (secondary N) is 1. The molecule has 1 aromatic carbocycles. The summed E-state index contributed by atoms with van der Waals surface area (Å²) in [5.74, 6) is 1.06. The highest BCUT2D eigenvalue weighted by molar-refractivity contribution is 7.99. The van der Waals surface area contributed by atoms with Gasteiger partial charge in [-0.15, -0.1) is 0 Å². The molecule has 0 saturated carbocycles. The Morgan fingerprint density at radius 1 is 1.17 bits per heavy atom. The summed E-state index contributed by atoms with van der Waals surface area (Å²) in [6.45, 7) is 2.05. The van der Waals surface area contributed by atoms with Crippen LogP contribution >= 0.6 is 35.0 Å². The molecular formula is C16H16Cl2N4OS. The lowest BCUT2D eigenvalue weighted by atomic mass is 10.3. The van der Waals surface area contributed by atoms with Crippen LogP contribution in [0.4, 0.5) is 11.5 Å². The van der Waals surface area contributed by atoms with Crippen molar-refractivity contribution in [3.63, 3.8) is 0 Å². The van der Waals surface area contributed by atoms with Gasteiger partial charge in [0.1, 0.15) is 17.2 Å². The zero-order valence-corrected chi connectivity index (χ0v) is 15.2. The van der Waals surface area contributed by atoms with Crippen LogP contribution in [-0.4, -0.2) is 34.7 Å². The van der Waals surface area contributed by atoms with Gasteiger partial charge in [0.2, 0.25) is 5.91 Å². The molecule has 24 heavy (non-hydrogen) atoms. The molecule has 2 aromatic rings. The van der Waals surface area contributed by atoms with Gasteiger partial charge in [-0.3, -0.25) is 4.79 Å². The minimum Gasteiger partial charge on any atom is -0.356 e. The van der Waals surface area contributed by atoms with Gasteiger partial charge in [0.25, 0.3) is 0 Å². The molecular weight excluding hydrogens is 367 g/mol. The van der Waals surface area contributed by atoms with Crippen LogP contribution < -0.4 is 10.2 Å². The van der Waals surface area contributed by atoms with Crippen molar-refractivity contribution in [2.45, 2.75) is 17.9 Å². The summed E-state index contributed by atoms with van der Waals surface area (Å²) in [6.07, 6.45) is 3.93. The van der Waals surface area contributed by atoms with E-state index in [0.717, 1.165) is 23.9 Å². The quantitative estimate of drug-likeness (QED) is 0.622. The first-order chi connectivity index (χ1) is 11.6. The van der Waals surface area contributed by atoms with Crippen molar-refractivity contribution in [1.29, 1.82) is 0 Å². The molecule has 0 aliphatic carbocycles. The van der Waals surface area contributed by atoms with Crippen molar-refractivity contribution in [2.75, 3.05) is 29.1 Å². The van der Waals surface area contributed by atoms with Crippen LogP contribution in [0.3, 0.4) is 0 Å². The molecule has 1 amide bonds. The third-order valence-electron chi connectivity index (χ3n) is 3.61. The number of anilines is 2. The maximum atomic E-state index is 12.1. The maximum absolute atomic E-state index is 12.1. The van der Waals surface area contributed by atoms with Crippen LogP contribution in [0.15, 0.2) is 35.6 Å². The Hall–Kier alpha value is -1.50. The van der Waals surface area contributed by atoms with E-state index >= 15 is 0 Å². The molecule has 3 rings (SSSR count). The van der Waals surface area contributed by atoms with Gasteiger partial charge in [0.05, 0.1) is 15.8 Å². The molecule has 5 nitrogen and oxygen atoms in total. The van der Waals surface area contributed by atoms with E-state index in [0.29, 0.717) is 15.7 Å².